The van der Waals surface area contributed by atoms with Crippen molar-refractivity contribution in [3.63, 3.8) is 0 Å². The van der Waals surface area contributed by atoms with Crippen molar-refractivity contribution in [3.8, 4) is 0 Å². The summed E-state index contributed by atoms with van der Waals surface area (Å²) in [6, 6.07) is 0.987. The van der Waals surface area contributed by atoms with Crippen LogP contribution in [0, 0.1) is 0 Å². The lowest BCUT2D eigenvalue weighted by atomic mass is 9.99. The van der Waals surface area contributed by atoms with Gasteiger partial charge in [0.1, 0.15) is 0 Å². The molecule has 0 aromatic heterocycles. The SMILES string of the molecule is O=C(Nc1cccc(NC(=O)C(F)(F)C2(F)OC(F)(F)C(F)(F)C2(F)F)c1)C(F)(F)C1(F)OC(F)(F)C(F)(F)C1(F)F. The quantitative estimate of drug-likeness (QED) is 0.372. The fraction of sp³-hybridized carbons (Fsp3) is 0.556. The summed E-state index contributed by atoms with van der Waals surface area (Å²) in [6.07, 6.45) is -13.2. The van der Waals surface area contributed by atoms with Crippen molar-refractivity contribution in [2.45, 2.75) is 59.5 Å². The minimum Gasteiger partial charge on any atom is -0.321 e. The molecule has 2 unspecified atom stereocenters. The molecular formula is C18H6F18N2O4. The van der Waals surface area contributed by atoms with Crippen LogP contribution >= 0.6 is 0 Å². The molecule has 2 fully saturated rings. The van der Waals surface area contributed by atoms with Gasteiger partial charge >= 0.3 is 71.3 Å². The normalized spacial score (nSPS) is 30.5. The maximum absolute atomic E-state index is 14.3. The van der Waals surface area contributed by atoms with Gasteiger partial charge in [-0.1, -0.05) is 6.07 Å². The number of ether oxygens (including phenoxy) is 2. The maximum atomic E-state index is 14.3. The van der Waals surface area contributed by atoms with Gasteiger partial charge in [0.2, 0.25) is 0 Å². The molecule has 1 aromatic carbocycles. The number of amides is 2. The highest BCUT2D eigenvalue weighted by Gasteiger charge is 2.97. The molecule has 2 heterocycles. The summed E-state index contributed by atoms with van der Waals surface area (Å²) in [5, 5.41) is 1.48. The summed E-state index contributed by atoms with van der Waals surface area (Å²) in [5.74, 6) is -61.7. The lowest BCUT2D eigenvalue weighted by molar-refractivity contribution is -0.366. The molecule has 2 aliphatic rings. The Kier molecular flexibility index (Phi) is 6.89. The molecule has 0 aliphatic carbocycles. The summed E-state index contributed by atoms with van der Waals surface area (Å²) in [7, 11) is 0. The predicted octanol–water partition coefficient (Wildman–Crippen LogP) is 5.95. The molecule has 24 heteroatoms. The molecular weight excluding hydrogens is 650 g/mol. The smallest absolute Gasteiger partial charge is 0.321 e. The monoisotopic (exact) mass is 656 g/mol. The second-order valence-corrected chi connectivity index (χ2v) is 8.36. The predicted molar refractivity (Wildman–Crippen MR) is 93.1 cm³/mol. The number of halogens is 18. The third kappa shape index (κ3) is 3.85. The van der Waals surface area contributed by atoms with Crippen LogP contribution in [0.2, 0.25) is 0 Å². The summed E-state index contributed by atoms with van der Waals surface area (Å²) < 4.78 is 249. The number of benzene rings is 1. The van der Waals surface area contributed by atoms with Gasteiger partial charge in [-0.05, 0) is 18.2 Å². The molecule has 2 aliphatic heterocycles. The molecule has 1 aromatic rings. The van der Waals surface area contributed by atoms with Crippen LogP contribution < -0.4 is 10.6 Å². The van der Waals surface area contributed by atoms with Crippen molar-refractivity contribution in [1.29, 1.82) is 0 Å². The van der Waals surface area contributed by atoms with Gasteiger partial charge in [0, 0.05) is 11.4 Å². The molecule has 42 heavy (non-hydrogen) atoms. The molecule has 2 amide bonds. The van der Waals surface area contributed by atoms with Crippen molar-refractivity contribution in [2.24, 2.45) is 0 Å². The van der Waals surface area contributed by atoms with Crippen molar-refractivity contribution < 1.29 is 98.1 Å². The number of rotatable bonds is 6. The number of alkyl halides is 18. The van der Waals surface area contributed by atoms with Gasteiger partial charge in [0.25, 0.3) is 0 Å². The second-order valence-electron chi connectivity index (χ2n) is 8.36. The van der Waals surface area contributed by atoms with Crippen LogP contribution in [0.25, 0.3) is 0 Å². The van der Waals surface area contributed by atoms with Gasteiger partial charge in [0.15, 0.2) is 0 Å². The largest absolute Gasteiger partial charge is 0.428 e. The van der Waals surface area contributed by atoms with Crippen molar-refractivity contribution in [1.82, 2.24) is 0 Å². The van der Waals surface area contributed by atoms with Crippen molar-refractivity contribution in [2.75, 3.05) is 10.6 Å². The third-order valence-electron chi connectivity index (χ3n) is 5.62. The van der Waals surface area contributed by atoms with E-state index in [-0.39, 0.29) is 6.07 Å². The molecule has 0 radical (unpaired) electrons. The van der Waals surface area contributed by atoms with Crippen LogP contribution in [0.15, 0.2) is 24.3 Å². The van der Waals surface area contributed by atoms with Gasteiger partial charge in [-0.25, -0.2) is 0 Å². The number of hydrogen-bond donors (Lipinski definition) is 2. The fourth-order valence-electron chi connectivity index (χ4n) is 3.29. The Morgan fingerprint density at radius 3 is 1.07 bits per heavy atom. The van der Waals surface area contributed by atoms with E-state index >= 15 is 0 Å². The Labute approximate surface area is 216 Å². The van der Waals surface area contributed by atoms with Gasteiger partial charge < -0.3 is 10.6 Å². The van der Waals surface area contributed by atoms with E-state index in [1.807, 2.05) is 0 Å². The van der Waals surface area contributed by atoms with Gasteiger partial charge in [-0.3, -0.25) is 19.1 Å². The van der Waals surface area contributed by atoms with Crippen molar-refractivity contribution >= 4 is 23.2 Å². The van der Waals surface area contributed by atoms with Gasteiger partial charge in [0.05, 0.1) is 0 Å². The van der Waals surface area contributed by atoms with Crippen LogP contribution in [0.3, 0.4) is 0 Å². The Hall–Kier alpha value is -3.18. The number of carbonyl (C=O) groups is 2. The standard InChI is InChI=1S/C18H6F18N2O4/c19-9(20,15(31)11(23,24)13(27,28)17(33,34)41-15)7(39)37-5-2-1-3-6(4-5)38-8(40)10(21,22)16(32)12(25,26)14(29,30)18(35,36)42-16/h1-4H,(H,37,39)(H,38,40). The van der Waals surface area contributed by atoms with E-state index in [0.29, 0.717) is 18.2 Å². The number of nitrogens with one attached hydrogen (secondary N) is 2. The summed E-state index contributed by atoms with van der Waals surface area (Å²) in [4.78, 5) is 23.5. The van der Waals surface area contributed by atoms with Crippen LogP contribution in [-0.4, -0.2) is 71.3 Å². The maximum Gasteiger partial charge on any atom is 0.428 e. The summed E-state index contributed by atoms with van der Waals surface area (Å²) >= 11 is 0. The summed E-state index contributed by atoms with van der Waals surface area (Å²) in [6.45, 7) is 0. The number of carbonyl (C=O) groups excluding carboxylic acids is 2. The third-order valence-corrected chi connectivity index (χ3v) is 5.62. The van der Waals surface area contributed by atoms with E-state index < -0.39 is 82.7 Å². The molecule has 2 N–H and O–H groups in total. The molecule has 3 rings (SSSR count). The van der Waals surface area contributed by atoms with Crippen LogP contribution in [0.5, 0.6) is 0 Å². The number of hydrogen-bond acceptors (Lipinski definition) is 4. The van der Waals surface area contributed by atoms with E-state index in [2.05, 4.69) is 9.47 Å². The highest BCUT2D eigenvalue weighted by Crippen LogP contribution is 2.66. The van der Waals surface area contributed by atoms with E-state index in [9.17, 15) is 88.6 Å². The van der Waals surface area contributed by atoms with Crippen LogP contribution in [0.1, 0.15) is 0 Å². The average Bonchev–Trinajstić information content (AvgIpc) is 2.98. The average molecular weight is 656 g/mol. The topological polar surface area (TPSA) is 76.7 Å². The molecule has 0 bridgehead atoms. The first kappa shape index (κ1) is 33.3. The Morgan fingerprint density at radius 1 is 0.548 bits per heavy atom. The molecule has 0 saturated carbocycles. The molecule has 0 spiro atoms. The molecule has 238 valence electrons. The first-order chi connectivity index (χ1) is 18.4. The first-order valence-electron chi connectivity index (χ1n) is 9.95. The molecule has 2 saturated heterocycles. The zero-order chi connectivity index (χ0) is 33.0. The van der Waals surface area contributed by atoms with Gasteiger partial charge in [-0.2, -0.15) is 79.0 Å². The van der Waals surface area contributed by atoms with E-state index in [4.69, 9.17) is 0 Å². The van der Waals surface area contributed by atoms with Crippen LogP contribution in [-0.2, 0) is 19.1 Å². The minimum atomic E-state index is -7.09. The highest BCUT2D eigenvalue weighted by molar-refractivity contribution is 6.00. The zero-order valence-corrected chi connectivity index (χ0v) is 18.7. The lowest BCUT2D eigenvalue weighted by Crippen LogP contribution is -2.63. The minimum absolute atomic E-state index is 0.0640. The highest BCUT2D eigenvalue weighted by atomic mass is 19.4. The second kappa shape index (κ2) is 8.69. The fourth-order valence-corrected chi connectivity index (χ4v) is 3.29. The van der Waals surface area contributed by atoms with E-state index in [1.54, 1.807) is 0 Å². The van der Waals surface area contributed by atoms with Gasteiger partial charge in [-0.15, -0.1) is 0 Å². The molecule has 2 atom stereocenters. The Balaban J connectivity index is 1.87. The van der Waals surface area contributed by atoms with E-state index in [1.165, 1.54) is 0 Å². The Bertz CT molecular complexity index is 1210. The first-order valence-corrected chi connectivity index (χ1v) is 9.95. The number of anilines is 2. The Morgan fingerprint density at radius 2 is 0.833 bits per heavy atom. The molecule has 6 nitrogen and oxygen atoms in total. The summed E-state index contributed by atoms with van der Waals surface area (Å²) in [5.41, 5.74) is -2.75. The lowest BCUT2D eigenvalue weighted by Gasteiger charge is -2.32. The zero-order valence-electron chi connectivity index (χ0n) is 18.7. The van der Waals surface area contributed by atoms with Crippen molar-refractivity contribution in [3.05, 3.63) is 24.3 Å². The van der Waals surface area contributed by atoms with Crippen LogP contribution in [0.4, 0.5) is 90.4 Å². The van der Waals surface area contributed by atoms with E-state index in [0.717, 1.165) is 10.6 Å².